The van der Waals surface area contributed by atoms with E-state index in [-0.39, 0.29) is 11.9 Å². The van der Waals surface area contributed by atoms with Crippen molar-refractivity contribution in [2.24, 2.45) is 0 Å². The summed E-state index contributed by atoms with van der Waals surface area (Å²) in [7, 11) is 0. The Bertz CT molecular complexity index is 909. The minimum Gasteiger partial charge on any atom is -0.367 e. The first-order valence-corrected chi connectivity index (χ1v) is 10.1. The molecule has 7 nitrogen and oxygen atoms in total. The molecule has 27 heavy (non-hydrogen) atoms. The van der Waals surface area contributed by atoms with Gasteiger partial charge in [-0.25, -0.2) is 14.6 Å². The molecule has 1 aromatic carbocycles. The van der Waals surface area contributed by atoms with Crippen molar-refractivity contribution in [3.63, 3.8) is 0 Å². The first kappa shape index (κ1) is 19.2. The van der Waals surface area contributed by atoms with Crippen molar-refractivity contribution in [3.05, 3.63) is 42.1 Å². The van der Waals surface area contributed by atoms with Crippen LogP contribution in [-0.2, 0) is 17.8 Å². The average molecular weight is 385 g/mol. The lowest BCUT2D eigenvalue weighted by Gasteiger charge is -2.11. The van der Waals surface area contributed by atoms with Crippen LogP contribution in [0.25, 0.3) is 11.0 Å². The van der Waals surface area contributed by atoms with Crippen LogP contribution in [0.2, 0.25) is 0 Å². The molecule has 2 aromatic heterocycles. The number of rotatable bonds is 8. The van der Waals surface area contributed by atoms with Crippen LogP contribution in [0.4, 0.5) is 5.82 Å². The lowest BCUT2D eigenvalue weighted by atomic mass is 10.1. The second-order valence-electron chi connectivity index (χ2n) is 6.48. The van der Waals surface area contributed by atoms with Crippen LogP contribution in [0.1, 0.15) is 19.4 Å². The van der Waals surface area contributed by atoms with E-state index in [4.69, 9.17) is 0 Å². The third-order valence-corrected chi connectivity index (χ3v) is 4.48. The Morgan fingerprint density at radius 1 is 1.22 bits per heavy atom. The van der Waals surface area contributed by atoms with Gasteiger partial charge in [0.25, 0.3) is 0 Å². The lowest BCUT2D eigenvalue weighted by molar-refractivity contribution is -0.120. The predicted molar refractivity (Wildman–Crippen MR) is 109 cm³/mol. The first-order valence-electron chi connectivity index (χ1n) is 8.91. The van der Waals surface area contributed by atoms with Crippen LogP contribution in [0.3, 0.4) is 0 Å². The number of aromatic nitrogens is 4. The highest BCUT2D eigenvalue weighted by molar-refractivity contribution is 7.98. The molecule has 0 fully saturated rings. The molecule has 0 unspecified atom stereocenters. The Morgan fingerprint density at radius 2 is 2.00 bits per heavy atom. The van der Waals surface area contributed by atoms with Crippen molar-refractivity contribution >= 4 is 34.5 Å². The van der Waals surface area contributed by atoms with Gasteiger partial charge in [-0.3, -0.25) is 4.79 Å². The van der Waals surface area contributed by atoms with Gasteiger partial charge in [0.05, 0.1) is 24.5 Å². The van der Waals surface area contributed by atoms with Crippen molar-refractivity contribution < 1.29 is 4.79 Å². The number of fused-ring (bicyclic) bond motifs is 1. The van der Waals surface area contributed by atoms with Crippen LogP contribution in [0, 0.1) is 0 Å². The van der Waals surface area contributed by atoms with Gasteiger partial charge in [0.2, 0.25) is 5.91 Å². The number of benzene rings is 1. The van der Waals surface area contributed by atoms with Gasteiger partial charge in [0.15, 0.2) is 10.8 Å². The smallest absolute Gasteiger partial charge is 0.224 e. The number of nitrogens with one attached hydrogen (secondary N) is 2. The highest BCUT2D eigenvalue weighted by Gasteiger charge is 2.13. The molecule has 0 saturated heterocycles. The Labute approximate surface area is 163 Å². The molecule has 3 rings (SSSR count). The summed E-state index contributed by atoms with van der Waals surface area (Å²) in [6.45, 7) is 5.18. The molecule has 0 atom stereocenters. The maximum atomic E-state index is 12.1. The monoisotopic (exact) mass is 384 g/mol. The van der Waals surface area contributed by atoms with Gasteiger partial charge in [-0.2, -0.15) is 5.10 Å². The lowest BCUT2D eigenvalue weighted by Crippen LogP contribution is -2.28. The Morgan fingerprint density at radius 3 is 2.70 bits per heavy atom. The largest absolute Gasteiger partial charge is 0.367 e. The summed E-state index contributed by atoms with van der Waals surface area (Å²) in [6.07, 6.45) is 4.10. The summed E-state index contributed by atoms with van der Waals surface area (Å²) >= 11 is 1.49. The fraction of sp³-hybridized carbons (Fsp3) is 0.368. The van der Waals surface area contributed by atoms with E-state index in [1.165, 1.54) is 11.8 Å². The minimum atomic E-state index is -0.000691. The third-order valence-electron chi connectivity index (χ3n) is 3.94. The molecular formula is C19H24N6OS. The SMILES string of the molecule is CSc1nc(NC(C)C)c2cnn(CCNC(=O)Cc3ccccc3)c2n1. The molecule has 0 aliphatic rings. The molecule has 8 heteroatoms. The van der Waals surface area contributed by atoms with Gasteiger partial charge in [0.1, 0.15) is 5.82 Å². The van der Waals surface area contributed by atoms with E-state index < -0.39 is 0 Å². The van der Waals surface area contributed by atoms with Gasteiger partial charge in [0, 0.05) is 12.6 Å². The number of amides is 1. The zero-order chi connectivity index (χ0) is 19.2. The number of carbonyl (C=O) groups excluding carboxylic acids is 1. The van der Waals surface area contributed by atoms with Gasteiger partial charge < -0.3 is 10.6 Å². The Balaban J connectivity index is 1.67. The van der Waals surface area contributed by atoms with E-state index in [1.54, 1.807) is 6.20 Å². The molecule has 1 amide bonds. The van der Waals surface area contributed by atoms with Crippen LogP contribution in [0.5, 0.6) is 0 Å². The topological polar surface area (TPSA) is 84.7 Å². The van der Waals surface area contributed by atoms with E-state index in [0.717, 1.165) is 22.4 Å². The van der Waals surface area contributed by atoms with E-state index >= 15 is 0 Å². The van der Waals surface area contributed by atoms with Crippen molar-refractivity contribution in [3.8, 4) is 0 Å². The van der Waals surface area contributed by atoms with Gasteiger partial charge in [-0.1, -0.05) is 42.1 Å². The first-order chi connectivity index (χ1) is 13.1. The number of hydrogen-bond acceptors (Lipinski definition) is 6. The molecular weight excluding hydrogens is 360 g/mol. The Kier molecular flexibility index (Phi) is 6.28. The number of nitrogens with zero attached hydrogens (tertiary/aromatic N) is 4. The Hall–Kier alpha value is -2.61. The van der Waals surface area contributed by atoms with Crippen LogP contribution < -0.4 is 10.6 Å². The number of carbonyl (C=O) groups is 1. The second-order valence-corrected chi connectivity index (χ2v) is 7.25. The van der Waals surface area contributed by atoms with Crippen molar-refractivity contribution in [1.29, 1.82) is 0 Å². The molecule has 0 aliphatic carbocycles. The van der Waals surface area contributed by atoms with Crippen LogP contribution in [0.15, 0.2) is 41.7 Å². The molecule has 2 N–H and O–H groups in total. The average Bonchev–Trinajstić information content (AvgIpc) is 3.05. The van der Waals surface area contributed by atoms with Crippen molar-refractivity contribution in [1.82, 2.24) is 25.1 Å². The molecule has 3 aromatic rings. The van der Waals surface area contributed by atoms with Crippen LogP contribution >= 0.6 is 11.8 Å². The molecule has 142 valence electrons. The zero-order valence-corrected chi connectivity index (χ0v) is 16.6. The summed E-state index contributed by atoms with van der Waals surface area (Å²) in [5, 5.41) is 12.3. The molecule has 0 aliphatic heterocycles. The summed E-state index contributed by atoms with van der Waals surface area (Å²) in [4.78, 5) is 21.2. The maximum Gasteiger partial charge on any atom is 0.224 e. The summed E-state index contributed by atoms with van der Waals surface area (Å²) in [5.74, 6) is 0.790. The number of anilines is 1. The van der Waals surface area contributed by atoms with Crippen molar-refractivity contribution in [2.75, 3.05) is 18.1 Å². The molecule has 0 bridgehead atoms. The highest BCUT2D eigenvalue weighted by atomic mass is 32.2. The van der Waals surface area contributed by atoms with E-state index in [9.17, 15) is 4.79 Å². The molecule has 0 saturated carbocycles. The molecule has 0 radical (unpaired) electrons. The van der Waals surface area contributed by atoms with Crippen LogP contribution in [-0.4, -0.2) is 44.5 Å². The predicted octanol–water partition coefficient (Wildman–Crippen LogP) is 2.73. The fourth-order valence-electron chi connectivity index (χ4n) is 2.72. The van der Waals surface area contributed by atoms with Gasteiger partial charge in [-0.05, 0) is 25.7 Å². The number of hydrogen-bond donors (Lipinski definition) is 2. The van der Waals surface area contributed by atoms with E-state index in [0.29, 0.717) is 24.7 Å². The van der Waals surface area contributed by atoms with Gasteiger partial charge >= 0.3 is 0 Å². The van der Waals surface area contributed by atoms with E-state index in [1.807, 2.05) is 41.3 Å². The molecule has 2 heterocycles. The van der Waals surface area contributed by atoms with Crippen molar-refractivity contribution in [2.45, 2.75) is 38.0 Å². The quantitative estimate of drug-likeness (QED) is 0.459. The number of thioether (sulfide) groups is 1. The standard InChI is InChI=1S/C19H24N6OS/c1-13(2)22-17-15-12-21-25(18(15)24-19(23-17)27-3)10-9-20-16(26)11-14-7-5-4-6-8-14/h4-8,12-13H,9-11H2,1-3H3,(H,20,26)(H,22,23,24). The summed E-state index contributed by atoms with van der Waals surface area (Å²) in [6, 6.07) is 9.97. The van der Waals surface area contributed by atoms with E-state index in [2.05, 4.69) is 39.5 Å². The summed E-state index contributed by atoms with van der Waals surface area (Å²) in [5.41, 5.74) is 1.77. The summed E-state index contributed by atoms with van der Waals surface area (Å²) < 4.78 is 1.81. The fourth-order valence-corrected chi connectivity index (χ4v) is 3.08. The normalized spacial score (nSPS) is 11.1. The molecule has 0 spiro atoms. The second kappa shape index (κ2) is 8.85. The van der Waals surface area contributed by atoms with Gasteiger partial charge in [-0.15, -0.1) is 0 Å². The minimum absolute atomic E-state index is 0.000691. The highest BCUT2D eigenvalue weighted by Crippen LogP contribution is 2.23. The zero-order valence-electron chi connectivity index (χ0n) is 15.8. The third kappa shape index (κ3) is 4.97. The maximum absolute atomic E-state index is 12.1.